The molecule has 1 atom stereocenters. The van der Waals surface area contributed by atoms with Gasteiger partial charge in [0.05, 0.1) is 0 Å². The van der Waals surface area contributed by atoms with Gasteiger partial charge in [-0.1, -0.05) is 13.3 Å². The Labute approximate surface area is 92.8 Å². The van der Waals surface area contributed by atoms with Crippen LogP contribution in [0.3, 0.4) is 0 Å². The Bertz CT molecular complexity index is 121. The van der Waals surface area contributed by atoms with Gasteiger partial charge in [-0.15, -0.1) is 0 Å². The molecule has 0 aromatic heterocycles. The van der Waals surface area contributed by atoms with Crippen molar-refractivity contribution in [3.8, 4) is 0 Å². The molecule has 0 aliphatic carbocycles. The van der Waals surface area contributed by atoms with Gasteiger partial charge in [-0.2, -0.15) is 0 Å². The molecular formula is C6H12CaO3. The molecule has 0 aromatic carbocycles. The van der Waals surface area contributed by atoms with Gasteiger partial charge in [0.15, 0.2) is 0 Å². The molecule has 0 aromatic rings. The molecule has 1 N–H and O–H groups in total. The van der Waals surface area contributed by atoms with Gasteiger partial charge in [0.2, 0.25) is 0 Å². The minimum Gasteiger partial charge on any atom is -1.00 e. The van der Waals surface area contributed by atoms with E-state index in [1.807, 2.05) is 6.92 Å². The third-order valence-corrected chi connectivity index (χ3v) is 1.08. The van der Waals surface area contributed by atoms with Crippen LogP contribution in [0.15, 0.2) is 0 Å². The van der Waals surface area contributed by atoms with Crippen LogP contribution >= 0.6 is 0 Å². The first-order valence-electron chi connectivity index (χ1n) is 2.90. The summed E-state index contributed by atoms with van der Waals surface area (Å²) in [7, 11) is 0. The van der Waals surface area contributed by atoms with E-state index >= 15 is 0 Å². The number of carbonyl (C=O) groups excluding carboxylic acids is 1. The molecule has 0 aliphatic rings. The average Bonchev–Trinajstić information content (AvgIpc) is 1.82. The standard InChI is InChI=1S/C6H10O3.Ca.2H/c1-2-3-5(4-7)6(8)9;;;/h4-5H,2-3H2,1H3,(H,8,9);;;/q;+2;2*-1. The zero-order chi connectivity index (χ0) is 7.28. The van der Waals surface area contributed by atoms with E-state index in [1.165, 1.54) is 0 Å². The topological polar surface area (TPSA) is 54.4 Å². The van der Waals surface area contributed by atoms with E-state index in [0.717, 1.165) is 6.42 Å². The van der Waals surface area contributed by atoms with Crippen LogP contribution in [0.4, 0.5) is 0 Å². The van der Waals surface area contributed by atoms with Crippen molar-refractivity contribution in [3.05, 3.63) is 0 Å². The zero-order valence-electron chi connectivity index (χ0n) is 8.04. The second-order valence-corrected chi connectivity index (χ2v) is 1.87. The van der Waals surface area contributed by atoms with E-state index in [1.54, 1.807) is 0 Å². The van der Waals surface area contributed by atoms with Gasteiger partial charge >= 0.3 is 43.7 Å². The predicted octanol–water partition coefficient (Wildman–Crippen LogP) is 0.530. The van der Waals surface area contributed by atoms with Crippen molar-refractivity contribution in [2.24, 2.45) is 5.92 Å². The Morgan fingerprint density at radius 2 is 2.30 bits per heavy atom. The van der Waals surface area contributed by atoms with E-state index < -0.39 is 11.9 Å². The zero-order valence-corrected chi connectivity index (χ0v) is 8.25. The molecule has 10 heavy (non-hydrogen) atoms. The van der Waals surface area contributed by atoms with Crippen LogP contribution in [0.2, 0.25) is 0 Å². The molecule has 0 amide bonds. The van der Waals surface area contributed by atoms with Crippen LogP contribution in [0.5, 0.6) is 0 Å². The Hall–Kier alpha value is 0.400. The van der Waals surface area contributed by atoms with Gasteiger partial charge in [-0.05, 0) is 6.42 Å². The Morgan fingerprint density at radius 3 is 2.40 bits per heavy atom. The van der Waals surface area contributed by atoms with Crippen molar-refractivity contribution >= 4 is 50.0 Å². The van der Waals surface area contributed by atoms with Crippen LogP contribution in [0, 0.1) is 5.92 Å². The minimum absolute atomic E-state index is 0. The van der Waals surface area contributed by atoms with Gasteiger partial charge < -0.3 is 12.8 Å². The summed E-state index contributed by atoms with van der Waals surface area (Å²) in [6.07, 6.45) is 1.65. The summed E-state index contributed by atoms with van der Waals surface area (Å²) in [6.45, 7) is 1.85. The molecule has 0 aliphatic heterocycles. The Balaban J connectivity index is -0.000000107. The van der Waals surface area contributed by atoms with Gasteiger partial charge in [0.25, 0.3) is 0 Å². The molecule has 0 rings (SSSR count). The van der Waals surface area contributed by atoms with E-state index in [4.69, 9.17) is 5.11 Å². The molecule has 56 valence electrons. The van der Waals surface area contributed by atoms with Gasteiger partial charge in [0.1, 0.15) is 12.2 Å². The fourth-order valence-electron chi connectivity index (χ4n) is 0.561. The average molecular weight is 172 g/mol. The van der Waals surface area contributed by atoms with Crippen molar-refractivity contribution in [3.63, 3.8) is 0 Å². The van der Waals surface area contributed by atoms with Gasteiger partial charge in [-0.25, -0.2) is 0 Å². The maximum Gasteiger partial charge on any atom is 2.00 e. The second kappa shape index (κ2) is 7.51. The van der Waals surface area contributed by atoms with E-state index in [9.17, 15) is 9.59 Å². The molecule has 0 fully saturated rings. The van der Waals surface area contributed by atoms with Gasteiger partial charge in [-0.3, -0.25) is 4.79 Å². The number of carboxylic acid groups (broad SMARTS) is 1. The first-order chi connectivity index (χ1) is 4.22. The molecule has 0 saturated carbocycles. The van der Waals surface area contributed by atoms with Crippen LogP contribution in [0.1, 0.15) is 22.6 Å². The fraction of sp³-hybridized carbons (Fsp3) is 0.667. The monoisotopic (exact) mass is 172 g/mol. The molecule has 1 unspecified atom stereocenters. The first-order valence-corrected chi connectivity index (χ1v) is 2.90. The Kier molecular flexibility index (Phi) is 9.78. The number of hydrogen-bond donors (Lipinski definition) is 1. The summed E-state index contributed by atoms with van der Waals surface area (Å²) in [5, 5.41) is 8.27. The summed E-state index contributed by atoms with van der Waals surface area (Å²) in [5.74, 6) is -1.82. The summed E-state index contributed by atoms with van der Waals surface area (Å²) >= 11 is 0. The van der Waals surface area contributed by atoms with Crippen LogP contribution in [-0.4, -0.2) is 55.1 Å². The molecule has 0 spiro atoms. The second-order valence-electron chi connectivity index (χ2n) is 1.87. The SMILES string of the molecule is CCCC(C=O)C(=O)O.[Ca+2].[H-].[H-]. The quantitative estimate of drug-likeness (QED) is 0.382. The summed E-state index contributed by atoms with van der Waals surface area (Å²) < 4.78 is 0. The molecule has 0 bridgehead atoms. The third kappa shape index (κ3) is 5.21. The minimum atomic E-state index is -1.02. The summed E-state index contributed by atoms with van der Waals surface area (Å²) in [4.78, 5) is 20.0. The Morgan fingerprint density at radius 1 is 1.80 bits per heavy atom. The number of rotatable bonds is 4. The summed E-state index contributed by atoms with van der Waals surface area (Å²) in [6, 6.07) is 0. The smallest absolute Gasteiger partial charge is 1.00 e. The fourth-order valence-corrected chi connectivity index (χ4v) is 0.561. The van der Waals surface area contributed by atoms with Crippen molar-refractivity contribution in [2.75, 3.05) is 0 Å². The van der Waals surface area contributed by atoms with Gasteiger partial charge in [0, 0.05) is 0 Å². The number of aldehydes is 1. The van der Waals surface area contributed by atoms with Crippen LogP contribution in [-0.2, 0) is 9.59 Å². The molecule has 0 heterocycles. The number of carbonyl (C=O) groups is 2. The summed E-state index contributed by atoms with van der Waals surface area (Å²) in [5.41, 5.74) is 0. The largest absolute Gasteiger partial charge is 2.00 e. The maximum absolute atomic E-state index is 10.1. The van der Waals surface area contributed by atoms with Crippen molar-refractivity contribution in [1.82, 2.24) is 0 Å². The van der Waals surface area contributed by atoms with Crippen molar-refractivity contribution in [2.45, 2.75) is 19.8 Å². The molecule has 0 saturated heterocycles. The van der Waals surface area contributed by atoms with Crippen LogP contribution < -0.4 is 0 Å². The number of aliphatic carboxylic acids is 1. The molecule has 3 nitrogen and oxygen atoms in total. The third-order valence-electron chi connectivity index (χ3n) is 1.08. The van der Waals surface area contributed by atoms with Crippen LogP contribution in [0.25, 0.3) is 0 Å². The first kappa shape index (κ1) is 13.0. The van der Waals surface area contributed by atoms with E-state index in [0.29, 0.717) is 12.7 Å². The predicted molar refractivity (Wildman–Crippen MR) is 40.1 cm³/mol. The maximum atomic E-state index is 10.1. The van der Waals surface area contributed by atoms with E-state index in [-0.39, 0.29) is 40.6 Å². The van der Waals surface area contributed by atoms with E-state index in [2.05, 4.69) is 0 Å². The van der Waals surface area contributed by atoms with Crippen molar-refractivity contribution < 1.29 is 17.5 Å². The molecular weight excluding hydrogens is 160 g/mol. The number of carboxylic acids is 1. The number of hydrogen-bond acceptors (Lipinski definition) is 2. The normalized spacial score (nSPS) is 11.3. The molecule has 0 radical (unpaired) electrons. The molecule has 4 heteroatoms. The van der Waals surface area contributed by atoms with Crippen molar-refractivity contribution in [1.29, 1.82) is 0 Å².